The number of pyridine rings is 1. The standard InChI is InChI=1S/C13H23N3O2/c1-11(9-14-5-7-18-3)15-10-12-4-6-16(2)13(17)8-12/h4,6,8,11,14-15H,5,7,9-10H2,1-3H3. The van der Waals surface area contributed by atoms with Crippen molar-refractivity contribution in [1.82, 2.24) is 15.2 Å². The van der Waals surface area contributed by atoms with Crippen LogP contribution in [0.5, 0.6) is 0 Å². The molecule has 0 radical (unpaired) electrons. The van der Waals surface area contributed by atoms with E-state index in [1.807, 2.05) is 6.07 Å². The Morgan fingerprint density at radius 1 is 1.50 bits per heavy atom. The van der Waals surface area contributed by atoms with Gasteiger partial charge in [0.15, 0.2) is 0 Å². The van der Waals surface area contributed by atoms with Crippen molar-refractivity contribution >= 4 is 0 Å². The van der Waals surface area contributed by atoms with E-state index in [-0.39, 0.29) is 5.56 Å². The molecule has 102 valence electrons. The van der Waals surface area contributed by atoms with Gasteiger partial charge in [-0.05, 0) is 18.6 Å². The molecule has 0 spiro atoms. The van der Waals surface area contributed by atoms with Gasteiger partial charge < -0.3 is 19.9 Å². The van der Waals surface area contributed by atoms with Crippen molar-refractivity contribution in [1.29, 1.82) is 0 Å². The second-order valence-electron chi connectivity index (χ2n) is 4.46. The first kappa shape index (κ1) is 14.9. The molecule has 18 heavy (non-hydrogen) atoms. The maximum Gasteiger partial charge on any atom is 0.250 e. The van der Waals surface area contributed by atoms with Gasteiger partial charge in [0.2, 0.25) is 0 Å². The number of aromatic nitrogens is 1. The smallest absolute Gasteiger partial charge is 0.250 e. The second kappa shape index (κ2) is 8.02. The molecule has 0 aliphatic carbocycles. The number of rotatable bonds is 8. The van der Waals surface area contributed by atoms with Crippen LogP contribution in [0.4, 0.5) is 0 Å². The van der Waals surface area contributed by atoms with Gasteiger partial charge in [0.05, 0.1) is 6.61 Å². The lowest BCUT2D eigenvalue weighted by Crippen LogP contribution is -2.37. The van der Waals surface area contributed by atoms with Crippen molar-refractivity contribution in [2.75, 3.05) is 26.8 Å². The summed E-state index contributed by atoms with van der Waals surface area (Å²) in [4.78, 5) is 11.4. The highest BCUT2D eigenvalue weighted by atomic mass is 16.5. The zero-order chi connectivity index (χ0) is 13.4. The number of hydrogen-bond donors (Lipinski definition) is 2. The summed E-state index contributed by atoms with van der Waals surface area (Å²) in [6.45, 7) is 5.29. The molecule has 0 amide bonds. The molecule has 5 nitrogen and oxygen atoms in total. The minimum absolute atomic E-state index is 0.0279. The van der Waals surface area contributed by atoms with Gasteiger partial charge in [-0.15, -0.1) is 0 Å². The van der Waals surface area contributed by atoms with E-state index in [1.54, 1.807) is 31.0 Å². The number of nitrogens with zero attached hydrogens (tertiary/aromatic N) is 1. The lowest BCUT2D eigenvalue weighted by molar-refractivity contribution is 0.198. The van der Waals surface area contributed by atoms with Crippen LogP contribution >= 0.6 is 0 Å². The van der Waals surface area contributed by atoms with Crippen LogP contribution < -0.4 is 16.2 Å². The Hall–Kier alpha value is -1.17. The zero-order valence-corrected chi connectivity index (χ0v) is 11.4. The van der Waals surface area contributed by atoms with Crippen molar-refractivity contribution in [3.05, 3.63) is 34.2 Å². The van der Waals surface area contributed by atoms with Gasteiger partial charge in [-0.1, -0.05) is 0 Å². The number of hydrogen-bond acceptors (Lipinski definition) is 4. The minimum atomic E-state index is 0.0279. The van der Waals surface area contributed by atoms with Crippen molar-refractivity contribution in [2.45, 2.75) is 19.5 Å². The molecule has 1 heterocycles. The number of methoxy groups -OCH3 is 1. The average molecular weight is 253 g/mol. The summed E-state index contributed by atoms with van der Waals surface area (Å²) in [5, 5.41) is 6.66. The molecule has 0 saturated heterocycles. The number of aryl methyl sites for hydroxylation is 1. The van der Waals surface area contributed by atoms with E-state index in [0.29, 0.717) is 12.6 Å². The first-order valence-corrected chi connectivity index (χ1v) is 6.22. The fourth-order valence-corrected chi connectivity index (χ4v) is 1.56. The molecule has 0 fully saturated rings. The maximum absolute atomic E-state index is 11.4. The van der Waals surface area contributed by atoms with Crippen molar-refractivity contribution in [3.8, 4) is 0 Å². The fourth-order valence-electron chi connectivity index (χ4n) is 1.56. The van der Waals surface area contributed by atoms with Crippen LogP contribution in [0.25, 0.3) is 0 Å². The molecular formula is C13H23N3O2. The Bertz CT molecular complexity index is 403. The molecule has 5 heteroatoms. The topological polar surface area (TPSA) is 55.3 Å². The van der Waals surface area contributed by atoms with Crippen LogP contribution in [-0.2, 0) is 18.3 Å². The molecule has 1 aromatic rings. The molecule has 0 bridgehead atoms. The third-order valence-corrected chi connectivity index (χ3v) is 2.76. The maximum atomic E-state index is 11.4. The summed E-state index contributed by atoms with van der Waals surface area (Å²) < 4.78 is 6.53. The SMILES string of the molecule is COCCNCC(C)NCc1ccn(C)c(=O)c1. The molecule has 1 rings (SSSR count). The Morgan fingerprint density at radius 2 is 2.28 bits per heavy atom. The first-order valence-electron chi connectivity index (χ1n) is 6.22. The summed E-state index contributed by atoms with van der Waals surface area (Å²) in [7, 11) is 3.45. The van der Waals surface area contributed by atoms with E-state index < -0.39 is 0 Å². The van der Waals surface area contributed by atoms with Gasteiger partial charge in [-0.3, -0.25) is 4.79 Å². The molecule has 2 N–H and O–H groups in total. The predicted molar refractivity (Wildman–Crippen MR) is 72.7 cm³/mol. The zero-order valence-electron chi connectivity index (χ0n) is 11.4. The highest BCUT2D eigenvalue weighted by Gasteiger charge is 2.01. The normalized spacial score (nSPS) is 12.6. The van der Waals surface area contributed by atoms with Crippen LogP contribution in [0.2, 0.25) is 0 Å². The predicted octanol–water partition coefficient (Wildman–Crippen LogP) is 0.0994. The molecule has 1 unspecified atom stereocenters. The Balaban J connectivity index is 2.27. The Labute approximate surface area is 108 Å². The number of nitrogens with one attached hydrogen (secondary N) is 2. The lowest BCUT2D eigenvalue weighted by atomic mass is 10.2. The summed E-state index contributed by atoms with van der Waals surface area (Å²) in [6.07, 6.45) is 1.79. The Kier molecular flexibility index (Phi) is 6.64. The highest BCUT2D eigenvalue weighted by Crippen LogP contribution is 1.94. The van der Waals surface area contributed by atoms with E-state index in [2.05, 4.69) is 17.6 Å². The number of ether oxygens (including phenoxy) is 1. The lowest BCUT2D eigenvalue weighted by Gasteiger charge is -2.14. The van der Waals surface area contributed by atoms with Gasteiger partial charge in [-0.25, -0.2) is 0 Å². The van der Waals surface area contributed by atoms with Crippen LogP contribution in [0.15, 0.2) is 23.1 Å². The average Bonchev–Trinajstić information content (AvgIpc) is 2.36. The molecule has 0 aliphatic heterocycles. The van der Waals surface area contributed by atoms with Crippen LogP contribution in [-0.4, -0.2) is 37.4 Å². The summed E-state index contributed by atoms with van der Waals surface area (Å²) in [5.41, 5.74) is 1.04. The molecular weight excluding hydrogens is 230 g/mol. The van der Waals surface area contributed by atoms with E-state index >= 15 is 0 Å². The molecule has 0 aromatic carbocycles. The first-order chi connectivity index (χ1) is 8.63. The summed E-state index contributed by atoms with van der Waals surface area (Å²) >= 11 is 0. The van der Waals surface area contributed by atoms with E-state index in [1.165, 1.54) is 0 Å². The highest BCUT2D eigenvalue weighted by molar-refractivity contribution is 5.10. The molecule has 1 atom stereocenters. The Morgan fingerprint density at radius 3 is 2.94 bits per heavy atom. The van der Waals surface area contributed by atoms with E-state index in [9.17, 15) is 4.79 Å². The molecule has 1 aromatic heterocycles. The van der Waals surface area contributed by atoms with Crippen molar-refractivity contribution in [3.63, 3.8) is 0 Å². The molecule has 0 aliphatic rings. The van der Waals surface area contributed by atoms with Gasteiger partial charge in [0.25, 0.3) is 5.56 Å². The van der Waals surface area contributed by atoms with Gasteiger partial charge in [-0.2, -0.15) is 0 Å². The van der Waals surface area contributed by atoms with Crippen LogP contribution in [0.1, 0.15) is 12.5 Å². The van der Waals surface area contributed by atoms with Gasteiger partial charge in [0, 0.05) is 52.1 Å². The van der Waals surface area contributed by atoms with E-state index in [4.69, 9.17) is 4.74 Å². The minimum Gasteiger partial charge on any atom is -0.383 e. The van der Waals surface area contributed by atoms with E-state index in [0.717, 1.165) is 25.3 Å². The monoisotopic (exact) mass is 253 g/mol. The largest absolute Gasteiger partial charge is 0.383 e. The summed E-state index contributed by atoms with van der Waals surface area (Å²) in [6, 6.07) is 3.98. The third-order valence-electron chi connectivity index (χ3n) is 2.76. The third kappa shape index (κ3) is 5.44. The van der Waals surface area contributed by atoms with Crippen molar-refractivity contribution < 1.29 is 4.74 Å². The van der Waals surface area contributed by atoms with Gasteiger partial charge >= 0.3 is 0 Å². The van der Waals surface area contributed by atoms with Crippen LogP contribution in [0, 0.1) is 0 Å². The van der Waals surface area contributed by atoms with Crippen LogP contribution in [0.3, 0.4) is 0 Å². The second-order valence-corrected chi connectivity index (χ2v) is 4.46. The summed E-state index contributed by atoms with van der Waals surface area (Å²) in [5.74, 6) is 0. The fraction of sp³-hybridized carbons (Fsp3) is 0.615. The quantitative estimate of drug-likeness (QED) is 0.645. The van der Waals surface area contributed by atoms with Gasteiger partial charge in [0.1, 0.15) is 0 Å². The van der Waals surface area contributed by atoms with Crippen molar-refractivity contribution in [2.24, 2.45) is 7.05 Å². The molecule has 0 saturated carbocycles.